The molecule has 1 unspecified atom stereocenters. The first-order valence-electron chi connectivity index (χ1n) is 7.74. The van der Waals surface area contributed by atoms with Gasteiger partial charge in [-0.3, -0.25) is 4.90 Å². The Kier molecular flexibility index (Phi) is 3.65. The number of hydrogen-bond acceptors (Lipinski definition) is 1. The van der Waals surface area contributed by atoms with E-state index in [4.69, 9.17) is 0 Å². The molecule has 3 heteroatoms. The van der Waals surface area contributed by atoms with Crippen LogP contribution < -0.4 is 10.2 Å². The average Bonchev–Trinajstić information content (AvgIpc) is 2.47. The number of anilines is 2. The number of nitrogens with zero attached hydrogens (tertiary/aromatic N) is 1. The van der Waals surface area contributed by atoms with Gasteiger partial charge in [0.25, 0.3) is 0 Å². The summed E-state index contributed by atoms with van der Waals surface area (Å²) in [5, 5.41) is 3.01. The maximum Gasteiger partial charge on any atom is 0.326 e. The minimum Gasteiger partial charge on any atom is -0.308 e. The highest BCUT2D eigenvalue weighted by molar-refractivity contribution is 6.03. The molecule has 1 aliphatic rings. The third-order valence-electron chi connectivity index (χ3n) is 4.35. The molecule has 0 fully saturated rings. The predicted octanol–water partition coefficient (Wildman–Crippen LogP) is 5.01. The molecule has 1 N–H and O–H groups in total. The van der Waals surface area contributed by atoms with Crippen LogP contribution in [-0.4, -0.2) is 11.6 Å². The van der Waals surface area contributed by atoms with E-state index < -0.39 is 0 Å². The van der Waals surface area contributed by atoms with Crippen molar-refractivity contribution < 1.29 is 4.79 Å². The number of urea groups is 1. The molecule has 114 valence electrons. The third-order valence-corrected chi connectivity index (χ3v) is 4.35. The van der Waals surface area contributed by atoms with E-state index in [0.29, 0.717) is 5.92 Å². The largest absolute Gasteiger partial charge is 0.326 e. The minimum atomic E-state index is -0.216. The van der Waals surface area contributed by atoms with Gasteiger partial charge in [-0.15, -0.1) is 0 Å². The first-order chi connectivity index (χ1) is 10.5. The van der Waals surface area contributed by atoms with Gasteiger partial charge in [0.15, 0.2) is 0 Å². The van der Waals surface area contributed by atoms with Crippen molar-refractivity contribution in [3.05, 3.63) is 60.2 Å². The minimum absolute atomic E-state index is 0.0736. The molecule has 22 heavy (non-hydrogen) atoms. The molecule has 0 radical (unpaired) electrons. The topological polar surface area (TPSA) is 32.3 Å². The SMILES string of the molecule is CC1CC(C)(C)N(C(=O)Nc2ccccc2)c2ccccc21. The molecule has 1 aliphatic heterocycles. The fraction of sp³-hybridized carbons (Fsp3) is 0.316. The Hall–Kier alpha value is -2.29. The fourth-order valence-electron chi connectivity index (χ4n) is 3.47. The van der Waals surface area contributed by atoms with Crippen molar-refractivity contribution >= 4 is 17.4 Å². The number of carbonyl (C=O) groups excluding carboxylic acids is 1. The zero-order valence-corrected chi connectivity index (χ0v) is 13.3. The smallest absolute Gasteiger partial charge is 0.308 e. The number of amides is 2. The van der Waals surface area contributed by atoms with E-state index in [9.17, 15) is 4.79 Å². The monoisotopic (exact) mass is 294 g/mol. The molecular weight excluding hydrogens is 272 g/mol. The molecule has 2 aromatic rings. The lowest BCUT2D eigenvalue weighted by Crippen LogP contribution is -2.53. The van der Waals surface area contributed by atoms with Gasteiger partial charge in [0, 0.05) is 16.9 Å². The number of hydrogen-bond donors (Lipinski definition) is 1. The van der Waals surface area contributed by atoms with Crippen LogP contribution in [0.15, 0.2) is 54.6 Å². The average molecular weight is 294 g/mol. The van der Waals surface area contributed by atoms with E-state index in [-0.39, 0.29) is 11.6 Å². The molecule has 2 amide bonds. The summed E-state index contributed by atoms with van der Waals surface area (Å²) in [6.45, 7) is 6.49. The highest BCUT2D eigenvalue weighted by Crippen LogP contribution is 2.43. The number of carbonyl (C=O) groups is 1. The van der Waals surface area contributed by atoms with Gasteiger partial charge in [-0.1, -0.05) is 43.3 Å². The Bertz CT molecular complexity index is 679. The van der Waals surface area contributed by atoms with E-state index >= 15 is 0 Å². The van der Waals surface area contributed by atoms with Gasteiger partial charge in [-0.2, -0.15) is 0 Å². The number of fused-ring (bicyclic) bond motifs is 1. The molecule has 1 atom stereocenters. The normalized spacial score (nSPS) is 19.4. The molecule has 3 rings (SSSR count). The summed E-state index contributed by atoms with van der Waals surface area (Å²) < 4.78 is 0. The fourth-order valence-corrected chi connectivity index (χ4v) is 3.47. The zero-order valence-electron chi connectivity index (χ0n) is 13.3. The lowest BCUT2D eigenvalue weighted by atomic mass is 9.80. The van der Waals surface area contributed by atoms with Crippen LogP contribution in [0.5, 0.6) is 0 Å². The molecular formula is C19H22N2O. The summed E-state index contributed by atoms with van der Waals surface area (Å²) in [7, 11) is 0. The molecule has 1 heterocycles. The van der Waals surface area contributed by atoms with Crippen molar-refractivity contribution in [1.29, 1.82) is 0 Å². The van der Waals surface area contributed by atoms with Crippen molar-refractivity contribution in [3.8, 4) is 0 Å². The molecule has 0 bridgehead atoms. The van der Waals surface area contributed by atoms with Crippen molar-refractivity contribution in [2.24, 2.45) is 0 Å². The van der Waals surface area contributed by atoms with Crippen LogP contribution >= 0.6 is 0 Å². The standard InChI is InChI=1S/C19H22N2O/c1-14-13-19(2,3)21(17-12-8-7-11-16(14)17)18(22)20-15-9-5-4-6-10-15/h4-12,14H,13H2,1-3H3,(H,20,22). The molecule has 0 saturated carbocycles. The van der Waals surface area contributed by atoms with Gasteiger partial charge in [0.05, 0.1) is 0 Å². The van der Waals surface area contributed by atoms with Crippen LogP contribution in [0.1, 0.15) is 38.7 Å². The number of benzene rings is 2. The van der Waals surface area contributed by atoms with Crippen molar-refractivity contribution in [2.45, 2.75) is 38.6 Å². The molecule has 0 spiro atoms. The van der Waals surface area contributed by atoms with Gasteiger partial charge in [0.1, 0.15) is 0 Å². The first-order valence-corrected chi connectivity index (χ1v) is 7.74. The van der Waals surface area contributed by atoms with Crippen LogP contribution in [0.25, 0.3) is 0 Å². The van der Waals surface area contributed by atoms with E-state index in [0.717, 1.165) is 17.8 Å². The maximum absolute atomic E-state index is 12.9. The summed E-state index contributed by atoms with van der Waals surface area (Å²) in [6, 6.07) is 17.7. The van der Waals surface area contributed by atoms with Crippen LogP contribution in [-0.2, 0) is 0 Å². The molecule has 0 aliphatic carbocycles. The Morgan fingerprint density at radius 2 is 1.73 bits per heavy atom. The second-order valence-electron chi connectivity index (χ2n) is 6.61. The summed E-state index contributed by atoms with van der Waals surface area (Å²) in [6.07, 6.45) is 0.951. The summed E-state index contributed by atoms with van der Waals surface area (Å²) in [5.74, 6) is 0.451. The Morgan fingerprint density at radius 1 is 1.09 bits per heavy atom. The van der Waals surface area contributed by atoms with Gasteiger partial charge in [-0.05, 0) is 49.9 Å². The van der Waals surface area contributed by atoms with E-state index in [2.05, 4.69) is 32.2 Å². The van der Waals surface area contributed by atoms with Gasteiger partial charge in [0.2, 0.25) is 0 Å². The van der Waals surface area contributed by atoms with Gasteiger partial charge < -0.3 is 5.32 Å². The zero-order chi connectivity index (χ0) is 15.7. The highest BCUT2D eigenvalue weighted by Gasteiger charge is 2.39. The highest BCUT2D eigenvalue weighted by atomic mass is 16.2. The number of rotatable bonds is 1. The molecule has 0 aromatic heterocycles. The van der Waals surface area contributed by atoms with Crippen LogP contribution in [0.4, 0.5) is 16.2 Å². The number of para-hydroxylation sites is 2. The molecule has 0 saturated heterocycles. The number of nitrogens with one attached hydrogen (secondary N) is 1. The predicted molar refractivity (Wildman–Crippen MR) is 91.5 cm³/mol. The first kappa shape index (κ1) is 14.6. The Morgan fingerprint density at radius 3 is 2.45 bits per heavy atom. The maximum atomic E-state index is 12.9. The Labute approximate surface area is 132 Å². The lowest BCUT2D eigenvalue weighted by molar-refractivity contribution is 0.247. The van der Waals surface area contributed by atoms with Crippen molar-refractivity contribution in [3.63, 3.8) is 0 Å². The summed E-state index contributed by atoms with van der Waals surface area (Å²) in [4.78, 5) is 14.8. The van der Waals surface area contributed by atoms with Gasteiger partial charge >= 0.3 is 6.03 Å². The van der Waals surface area contributed by atoms with E-state index in [1.54, 1.807) is 0 Å². The quantitative estimate of drug-likeness (QED) is 0.787. The summed E-state index contributed by atoms with van der Waals surface area (Å²) in [5.41, 5.74) is 2.86. The van der Waals surface area contributed by atoms with Crippen molar-refractivity contribution in [1.82, 2.24) is 0 Å². The van der Waals surface area contributed by atoms with E-state index in [1.807, 2.05) is 53.4 Å². The lowest BCUT2D eigenvalue weighted by Gasteiger charge is -2.45. The Balaban J connectivity index is 1.97. The van der Waals surface area contributed by atoms with Crippen molar-refractivity contribution in [2.75, 3.05) is 10.2 Å². The van der Waals surface area contributed by atoms with Crippen LogP contribution in [0.2, 0.25) is 0 Å². The van der Waals surface area contributed by atoms with Gasteiger partial charge in [-0.25, -0.2) is 4.79 Å². The van der Waals surface area contributed by atoms with Crippen LogP contribution in [0.3, 0.4) is 0 Å². The third kappa shape index (κ3) is 2.59. The van der Waals surface area contributed by atoms with E-state index in [1.165, 1.54) is 5.56 Å². The second-order valence-corrected chi connectivity index (χ2v) is 6.61. The van der Waals surface area contributed by atoms with Crippen LogP contribution in [0, 0.1) is 0 Å². The second kappa shape index (κ2) is 5.48. The summed E-state index contributed by atoms with van der Waals surface area (Å²) >= 11 is 0. The molecule has 3 nitrogen and oxygen atoms in total. The molecule has 2 aromatic carbocycles.